The summed E-state index contributed by atoms with van der Waals surface area (Å²) in [5.74, 6) is 1.54. The zero-order valence-corrected chi connectivity index (χ0v) is 13.3. The number of benzene rings is 1. The number of aliphatic hydroxyl groups is 1. The van der Waals surface area contributed by atoms with E-state index in [1.54, 1.807) is 0 Å². The van der Waals surface area contributed by atoms with E-state index in [0.717, 1.165) is 12.3 Å². The Morgan fingerprint density at radius 1 is 1.21 bits per heavy atom. The summed E-state index contributed by atoms with van der Waals surface area (Å²) in [5, 5.41) is 14.0. The van der Waals surface area contributed by atoms with E-state index < -0.39 is 0 Å². The van der Waals surface area contributed by atoms with Gasteiger partial charge in [0.1, 0.15) is 0 Å². The van der Waals surface area contributed by atoms with Crippen molar-refractivity contribution < 1.29 is 5.11 Å². The first-order chi connectivity index (χ1) is 9.05. The molecule has 2 nitrogen and oxygen atoms in total. The third-order valence-electron chi connectivity index (χ3n) is 3.64. The van der Waals surface area contributed by atoms with Crippen molar-refractivity contribution in [3.8, 4) is 0 Å². The van der Waals surface area contributed by atoms with Gasteiger partial charge in [0.25, 0.3) is 0 Å². The van der Waals surface area contributed by atoms with Gasteiger partial charge in [-0.2, -0.15) is 11.8 Å². The maximum atomic E-state index is 9.94. The fourth-order valence-electron chi connectivity index (χ4n) is 1.99. The normalized spacial score (nSPS) is 16.3. The molecule has 0 aliphatic heterocycles. The summed E-state index contributed by atoms with van der Waals surface area (Å²) in [4.78, 5) is 0. The van der Waals surface area contributed by atoms with Crippen LogP contribution in [-0.2, 0) is 5.54 Å². The lowest BCUT2D eigenvalue weighted by Gasteiger charge is -2.34. The summed E-state index contributed by atoms with van der Waals surface area (Å²) in [6.45, 7) is 9.81. The quantitative estimate of drug-likeness (QED) is 0.767. The molecule has 1 rings (SSSR count). The Bertz CT molecular complexity index is 355. The highest BCUT2D eigenvalue weighted by Crippen LogP contribution is 2.29. The second-order valence-electron chi connectivity index (χ2n) is 5.40. The van der Waals surface area contributed by atoms with Gasteiger partial charge in [-0.1, -0.05) is 58.0 Å². The average molecular weight is 281 g/mol. The maximum Gasteiger partial charge on any atom is 0.0760 e. The predicted molar refractivity (Wildman–Crippen MR) is 85.6 cm³/mol. The van der Waals surface area contributed by atoms with Gasteiger partial charge >= 0.3 is 0 Å². The molecule has 1 aromatic carbocycles. The Hall–Kier alpha value is -0.510. The maximum absolute atomic E-state index is 9.94. The minimum Gasteiger partial charge on any atom is -0.394 e. The van der Waals surface area contributed by atoms with Crippen LogP contribution in [0.4, 0.5) is 0 Å². The highest BCUT2D eigenvalue weighted by Gasteiger charge is 2.31. The molecule has 0 aliphatic rings. The zero-order chi connectivity index (χ0) is 14.3. The molecule has 0 saturated carbocycles. The van der Waals surface area contributed by atoms with Crippen molar-refractivity contribution in [1.29, 1.82) is 0 Å². The molecular formula is C16H27NOS. The van der Waals surface area contributed by atoms with E-state index >= 15 is 0 Å². The monoisotopic (exact) mass is 281 g/mol. The molecular weight excluding hydrogens is 254 g/mol. The first-order valence-corrected chi connectivity index (χ1v) is 8.13. The van der Waals surface area contributed by atoms with Gasteiger partial charge in [0.15, 0.2) is 0 Å². The Morgan fingerprint density at radius 2 is 1.84 bits per heavy atom. The molecule has 0 amide bonds. The van der Waals surface area contributed by atoms with Crippen LogP contribution in [0.3, 0.4) is 0 Å². The molecule has 0 saturated heterocycles. The molecule has 0 aliphatic carbocycles. The van der Waals surface area contributed by atoms with Crippen LogP contribution >= 0.6 is 11.8 Å². The van der Waals surface area contributed by atoms with Crippen LogP contribution in [-0.4, -0.2) is 29.3 Å². The molecule has 1 aromatic rings. The molecule has 2 unspecified atom stereocenters. The van der Waals surface area contributed by atoms with Crippen molar-refractivity contribution in [1.82, 2.24) is 5.32 Å². The largest absolute Gasteiger partial charge is 0.394 e. The van der Waals surface area contributed by atoms with Crippen molar-refractivity contribution in [3.63, 3.8) is 0 Å². The van der Waals surface area contributed by atoms with E-state index in [4.69, 9.17) is 0 Å². The van der Waals surface area contributed by atoms with Crippen LogP contribution in [0, 0.1) is 5.92 Å². The second-order valence-corrected chi connectivity index (χ2v) is 6.76. The minimum absolute atomic E-state index is 0.128. The van der Waals surface area contributed by atoms with E-state index in [9.17, 15) is 5.11 Å². The molecule has 2 atom stereocenters. The molecule has 108 valence electrons. The van der Waals surface area contributed by atoms with Gasteiger partial charge in [0.05, 0.1) is 12.1 Å². The Labute approximate surface area is 122 Å². The SMILES string of the molecule is CCNC(CO)(CSC(C)C(C)C)c1ccccc1. The molecule has 2 N–H and O–H groups in total. The van der Waals surface area contributed by atoms with Gasteiger partial charge in [-0.15, -0.1) is 0 Å². The molecule has 0 radical (unpaired) electrons. The number of hydrogen-bond acceptors (Lipinski definition) is 3. The number of nitrogens with one attached hydrogen (secondary N) is 1. The molecule has 0 aromatic heterocycles. The summed E-state index contributed by atoms with van der Waals surface area (Å²) in [5.41, 5.74) is 0.840. The molecule has 3 heteroatoms. The summed E-state index contributed by atoms with van der Waals surface area (Å²) < 4.78 is 0. The fraction of sp³-hybridized carbons (Fsp3) is 0.625. The molecule has 0 bridgehead atoms. The topological polar surface area (TPSA) is 32.3 Å². The molecule has 19 heavy (non-hydrogen) atoms. The number of rotatable bonds is 8. The lowest BCUT2D eigenvalue weighted by atomic mass is 9.92. The molecule has 0 spiro atoms. The second kappa shape index (κ2) is 7.93. The molecule has 0 fully saturated rings. The van der Waals surface area contributed by atoms with Gasteiger partial charge in [-0.25, -0.2) is 0 Å². The number of likely N-dealkylation sites (N-methyl/N-ethyl adjacent to an activating group) is 1. The van der Waals surface area contributed by atoms with E-state index in [-0.39, 0.29) is 12.1 Å². The van der Waals surface area contributed by atoms with Crippen molar-refractivity contribution in [3.05, 3.63) is 35.9 Å². The van der Waals surface area contributed by atoms with Crippen LogP contribution < -0.4 is 5.32 Å². The van der Waals surface area contributed by atoms with Crippen LogP contribution in [0.15, 0.2) is 30.3 Å². The first kappa shape index (κ1) is 16.5. The third-order valence-corrected chi connectivity index (χ3v) is 5.37. The lowest BCUT2D eigenvalue weighted by Crippen LogP contribution is -2.48. The van der Waals surface area contributed by atoms with E-state index in [2.05, 4.69) is 45.1 Å². The summed E-state index contributed by atoms with van der Waals surface area (Å²) in [6.07, 6.45) is 0. The van der Waals surface area contributed by atoms with Crippen molar-refractivity contribution in [2.75, 3.05) is 18.9 Å². The van der Waals surface area contributed by atoms with Crippen LogP contribution in [0.25, 0.3) is 0 Å². The van der Waals surface area contributed by atoms with Gasteiger partial charge in [-0.05, 0) is 18.0 Å². The number of aliphatic hydroxyl groups excluding tert-OH is 1. The highest BCUT2D eigenvalue weighted by atomic mass is 32.2. The van der Waals surface area contributed by atoms with Gasteiger partial charge in [-0.3, -0.25) is 0 Å². The van der Waals surface area contributed by atoms with Gasteiger partial charge in [0.2, 0.25) is 0 Å². The lowest BCUT2D eigenvalue weighted by molar-refractivity contribution is 0.181. The number of thioether (sulfide) groups is 1. The summed E-state index contributed by atoms with van der Waals surface area (Å²) in [6, 6.07) is 10.3. The Balaban J connectivity index is 2.87. The van der Waals surface area contributed by atoms with Crippen molar-refractivity contribution in [2.24, 2.45) is 5.92 Å². The highest BCUT2D eigenvalue weighted by molar-refractivity contribution is 7.99. The predicted octanol–water partition coefficient (Wildman–Crippen LogP) is 3.26. The first-order valence-electron chi connectivity index (χ1n) is 7.08. The van der Waals surface area contributed by atoms with E-state index in [0.29, 0.717) is 11.2 Å². The van der Waals surface area contributed by atoms with Crippen LogP contribution in [0.2, 0.25) is 0 Å². The molecule has 0 heterocycles. The van der Waals surface area contributed by atoms with E-state index in [1.165, 1.54) is 5.56 Å². The van der Waals surface area contributed by atoms with Crippen LogP contribution in [0.1, 0.15) is 33.3 Å². The zero-order valence-electron chi connectivity index (χ0n) is 12.5. The summed E-state index contributed by atoms with van der Waals surface area (Å²) in [7, 11) is 0. The summed E-state index contributed by atoms with van der Waals surface area (Å²) >= 11 is 1.93. The van der Waals surface area contributed by atoms with E-state index in [1.807, 2.05) is 30.0 Å². The minimum atomic E-state index is -0.330. The smallest absolute Gasteiger partial charge is 0.0760 e. The van der Waals surface area contributed by atoms with Crippen molar-refractivity contribution in [2.45, 2.75) is 38.5 Å². The number of hydrogen-bond donors (Lipinski definition) is 2. The van der Waals surface area contributed by atoms with Crippen LogP contribution in [0.5, 0.6) is 0 Å². The Morgan fingerprint density at radius 3 is 2.32 bits per heavy atom. The van der Waals surface area contributed by atoms with Gasteiger partial charge in [0, 0.05) is 11.0 Å². The standard InChI is InChI=1S/C16H27NOS/c1-5-17-16(11-18,12-19-14(4)13(2)3)15-9-7-6-8-10-15/h6-10,13-14,17-18H,5,11-12H2,1-4H3. The third kappa shape index (κ3) is 4.51. The average Bonchev–Trinajstić information content (AvgIpc) is 2.44. The van der Waals surface area contributed by atoms with Gasteiger partial charge < -0.3 is 10.4 Å². The Kier molecular flexibility index (Phi) is 6.90. The fourth-order valence-corrected chi connectivity index (χ4v) is 3.28. The van der Waals surface area contributed by atoms with Crippen molar-refractivity contribution >= 4 is 11.8 Å².